The van der Waals surface area contributed by atoms with Gasteiger partial charge in [0.2, 0.25) is 0 Å². The summed E-state index contributed by atoms with van der Waals surface area (Å²) in [6.45, 7) is 4.42. The molecule has 1 heterocycles. The van der Waals surface area contributed by atoms with E-state index in [0.717, 1.165) is 6.42 Å². The number of hydrogen-bond acceptors (Lipinski definition) is 3. The van der Waals surface area contributed by atoms with Crippen molar-refractivity contribution in [1.29, 1.82) is 0 Å². The van der Waals surface area contributed by atoms with E-state index in [0.29, 0.717) is 17.9 Å². The van der Waals surface area contributed by atoms with Crippen molar-refractivity contribution in [2.75, 3.05) is 13.7 Å². The maximum Gasteiger partial charge on any atom is 0.134 e. The topological polar surface area (TPSA) is 34.4 Å². The van der Waals surface area contributed by atoms with Gasteiger partial charge < -0.3 is 14.5 Å². The summed E-state index contributed by atoms with van der Waals surface area (Å²) in [6, 6.07) is 3.56. The van der Waals surface area contributed by atoms with E-state index in [-0.39, 0.29) is 11.3 Å². The molecule has 0 saturated carbocycles. The van der Waals surface area contributed by atoms with Gasteiger partial charge in [-0.25, -0.2) is 8.78 Å². The predicted molar refractivity (Wildman–Crippen MR) is 76.5 cm³/mol. The number of hydrogen-bond donors (Lipinski definition) is 1. The van der Waals surface area contributed by atoms with Crippen molar-refractivity contribution in [3.8, 4) is 5.75 Å². The zero-order chi connectivity index (χ0) is 15.4. The Balaban J connectivity index is 2.46. The Labute approximate surface area is 122 Å². The summed E-state index contributed by atoms with van der Waals surface area (Å²) >= 11 is 0. The molecule has 114 valence electrons. The summed E-state index contributed by atoms with van der Waals surface area (Å²) in [5, 5.41) is 3.15. The monoisotopic (exact) mass is 295 g/mol. The number of aryl methyl sites for hydroxylation is 1. The highest BCUT2D eigenvalue weighted by Crippen LogP contribution is 2.30. The molecule has 0 amide bonds. The Kier molecular flexibility index (Phi) is 4.96. The lowest BCUT2D eigenvalue weighted by atomic mass is 9.99. The van der Waals surface area contributed by atoms with Crippen molar-refractivity contribution in [2.24, 2.45) is 0 Å². The zero-order valence-corrected chi connectivity index (χ0v) is 12.4. The quantitative estimate of drug-likeness (QED) is 0.876. The van der Waals surface area contributed by atoms with Gasteiger partial charge in [0.25, 0.3) is 0 Å². The second kappa shape index (κ2) is 6.72. The molecule has 0 fully saturated rings. The Morgan fingerprint density at radius 1 is 1.24 bits per heavy atom. The van der Waals surface area contributed by atoms with Crippen LogP contribution in [0.25, 0.3) is 0 Å². The number of rotatable bonds is 6. The molecule has 0 aliphatic carbocycles. The first-order chi connectivity index (χ1) is 10.1. The minimum absolute atomic E-state index is 0.0231. The van der Waals surface area contributed by atoms with Gasteiger partial charge in [-0.2, -0.15) is 0 Å². The molecular formula is C16H19F2NO2. The van der Waals surface area contributed by atoms with Crippen molar-refractivity contribution in [2.45, 2.75) is 26.3 Å². The first kappa shape index (κ1) is 15.5. The molecule has 1 aromatic carbocycles. The van der Waals surface area contributed by atoms with E-state index in [1.54, 1.807) is 13.0 Å². The van der Waals surface area contributed by atoms with Gasteiger partial charge in [0.1, 0.15) is 23.1 Å². The highest BCUT2D eigenvalue weighted by atomic mass is 19.1. The maximum absolute atomic E-state index is 14.3. The fraction of sp³-hybridized carbons (Fsp3) is 0.375. The van der Waals surface area contributed by atoms with Crippen molar-refractivity contribution in [3.05, 3.63) is 53.0 Å². The van der Waals surface area contributed by atoms with E-state index in [1.807, 2.05) is 6.92 Å². The van der Waals surface area contributed by atoms with Gasteiger partial charge in [-0.1, -0.05) is 6.92 Å². The van der Waals surface area contributed by atoms with Crippen LogP contribution in [0.2, 0.25) is 0 Å². The van der Waals surface area contributed by atoms with Crippen LogP contribution in [0.4, 0.5) is 8.78 Å². The summed E-state index contributed by atoms with van der Waals surface area (Å²) in [4.78, 5) is 0. The van der Waals surface area contributed by atoms with E-state index < -0.39 is 17.7 Å². The number of nitrogens with one attached hydrogen (secondary N) is 1. The predicted octanol–water partition coefficient (Wildman–Crippen LogP) is 3.96. The molecule has 1 aromatic heterocycles. The van der Waals surface area contributed by atoms with Crippen LogP contribution in [0, 0.1) is 18.6 Å². The summed E-state index contributed by atoms with van der Waals surface area (Å²) in [5.41, 5.74) is 0.675. The third kappa shape index (κ3) is 3.42. The molecule has 1 unspecified atom stereocenters. The zero-order valence-electron chi connectivity index (χ0n) is 12.4. The largest absolute Gasteiger partial charge is 0.497 e. The summed E-state index contributed by atoms with van der Waals surface area (Å²) in [5.74, 6) is -0.424. The lowest BCUT2D eigenvalue weighted by molar-refractivity contribution is 0.402. The molecule has 1 atom stereocenters. The molecule has 1 N–H and O–H groups in total. The number of halogens is 2. The van der Waals surface area contributed by atoms with Crippen molar-refractivity contribution in [1.82, 2.24) is 5.32 Å². The van der Waals surface area contributed by atoms with Gasteiger partial charge in [0.15, 0.2) is 0 Å². The van der Waals surface area contributed by atoms with Crippen LogP contribution >= 0.6 is 0 Å². The molecule has 3 nitrogen and oxygen atoms in total. The standard InChI is InChI=1S/C16H19F2NO2/c1-4-5-19-16(11-6-10(2)21-9-11)15-13(17)7-12(20-3)8-14(15)18/h6-9,16,19H,4-5H2,1-3H3. The maximum atomic E-state index is 14.3. The second-order valence-corrected chi connectivity index (χ2v) is 4.88. The summed E-state index contributed by atoms with van der Waals surface area (Å²) in [6.07, 6.45) is 2.37. The van der Waals surface area contributed by atoms with Crippen LogP contribution in [0.15, 0.2) is 28.9 Å². The van der Waals surface area contributed by atoms with E-state index in [9.17, 15) is 8.78 Å². The molecule has 0 bridgehead atoms. The first-order valence-corrected chi connectivity index (χ1v) is 6.88. The molecule has 0 saturated heterocycles. The number of furan rings is 1. The lowest BCUT2D eigenvalue weighted by Gasteiger charge is -2.19. The first-order valence-electron chi connectivity index (χ1n) is 6.88. The Morgan fingerprint density at radius 2 is 1.90 bits per heavy atom. The van der Waals surface area contributed by atoms with E-state index in [2.05, 4.69) is 5.32 Å². The molecule has 21 heavy (non-hydrogen) atoms. The van der Waals surface area contributed by atoms with Crippen LogP contribution in [0.1, 0.15) is 36.3 Å². The van der Waals surface area contributed by atoms with Gasteiger partial charge >= 0.3 is 0 Å². The normalized spacial score (nSPS) is 12.4. The molecule has 5 heteroatoms. The van der Waals surface area contributed by atoms with Crippen molar-refractivity contribution >= 4 is 0 Å². The Bertz CT molecular complexity index is 587. The molecule has 0 radical (unpaired) electrons. The summed E-state index contributed by atoms with van der Waals surface area (Å²) < 4.78 is 38.7. The highest BCUT2D eigenvalue weighted by molar-refractivity contribution is 5.37. The fourth-order valence-corrected chi connectivity index (χ4v) is 2.25. The van der Waals surface area contributed by atoms with Gasteiger partial charge in [-0.15, -0.1) is 0 Å². The SMILES string of the molecule is CCCNC(c1coc(C)c1)c1c(F)cc(OC)cc1F. The van der Waals surface area contributed by atoms with E-state index >= 15 is 0 Å². The Morgan fingerprint density at radius 3 is 2.38 bits per heavy atom. The minimum Gasteiger partial charge on any atom is -0.497 e. The molecular weight excluding hydrogens is 276 g/mol. The lowest BCUT2D eigenvalue weighted by Crippen LogP contribution is -2.25. The smallest absolute Gasteiger partial charge is 0.134 e. The third-order valence-electron chi connectivity index (χ3n) is 3.26. The molecule has 0 spiro atoms. The number of methoxy groups -OCH3 is 1. The molecule has 0 aliphatic rings. The van der Waals surface area contributed by atoms with Gasteiger partial charge in [0.05, 0.1) is 19.4 Å². The van der Waals surface area contributed by atoms with Gasteiger partial charge in [-0.05, 0) is 26.0 Å². The fourth-order valence-electron chi connectivity index (χ4n) is 2.25. The molecule has 2 aromatic rings. The number of benzene rings is 1. The minimum atomic E-state index is -0.640. The Hall–Kier alpha value is -1.88. The van der Waals surface area contributed by atoms with Crippen LogP contribution in [0.5, 0.6) is 5.75 Å². The third-order valence-corrected chi connectivity index (χ3v) is 3.26. The van der Waals surface area contributed by atoms with Gasteiger partial charge in [0, 0.05) is 23.3 Å². The van der Waals surface area contributed by atoms with Crippen LogP contribution in [-0.2, 0) is 0 Å². The van der Waals surface area contributed by atoms with Crippen LogP contribution < -0.4 is 10.1 Å². The van der Waals surface area contributed by atoms with Crippen LogP contribution in [0.3, 0.4) is 0 Å². The highest BCUT2D eigenvalue weighted by Gasteiger charge is 2.24. The average molecular weight is 295 g/mol. The average Bonchev–Trinajstić information content (AvgIpc) is 2.87. The second-order valence-electron chi connectivity index (χ2n) is 4.88. The van der Waals surface area contributed by atoms with E-state index in [1.165, 1.54) is 25.5 Å². The van der Waals surface area contributed by atoms with Crippen molar-refractivity contribution in [3.63, 3.8) is 0 Å². The van der Waals surface area contributed by atoms with Crippen molar-refractivity contribution < 1.29 is 17.9 Å². The summed E-state index contributed by atoms with van der Waals surface area (Å²) in [7, 11) is 1.38. The van der Waals surface area contributed by atoms with Crippen LogP contribution in [-0.4, -0.2) is 13.7 Å². The number of ether oxygens (including phenoxy) is 1. The molecule has 2 rings (SSSR count). The van der Waals surface area contributed by atoms with E-state index in [4.69, 9.17) is 9.15 Å². The van der Waals surface area contributed by atoms with Gasteiger partial charge in [-0.3, -0.25) is 0 Å². The molecule has 0 aliphatic heterocycles.